The summed E-state index contributed by atoms with van der Waals surface area (Å²) < 4.78 is 39.6. The van der Waals surface area contributed by atoms with Crippen LogP contribution in [-0.2, 0) is 10.8 Å². The summed E-state index contributed by atoms with van der Waals surface area (Å²) in [5.74, 6) is 0. The molecule has 5 aromatic rings. The third-order valence-electron chi connectivity index (χ3n) is 9.56. The van der Waals surface area contributed by atoms with Gasteiger partial charge >= 0.3 is 6.18 Å². The fourth-order valence-corrected chi connectivity index (χ4v) is 7.14. The van der Waals surface area contributed by atoms with E-state index in [0.29, 0.717) is 11.8 Å². The van der Waals surface area contributed by atoms with Crippen molar-refractivity contribution in [3.8, 4) is 22.3 Å². The van der Waals surface area contributed by atoms with Gasteiger partial charge in [-0.15, -0.1) is 0 Å². The van der Waals surface area contributed by atoms with Crippen LogP contribution in [0.1, 0.15) is 55.6 Å². The predicted octanol–water partition coefficient (Wildman–Crippen LogP) is 9.94. The molecule has 0 aliphatic heterocycles. The molecule has 46 heavy (non-hydrogen) atoms. The van der Waals surface area contributed by atoms with E-state index in [9.17, 15) is 13.2 Å². The fraction of sp³-hybridized carbons (Fsp3) is 0.179. The molecule has 4 aromatic carbocycles. The molecule has 0 spiro atoms. The van der Waals surface area contributed by atoms with Crippen molar-refractivity contribution in [1.29, 1.82) is 5.41 Å². The molecule has 4 nitrogen and oxygen atoms in total. The summed E-state index contributed by atoms with van der Waals surface area (Å²) in [5.41, 5.74) is 15.2. The van der Waals surface area contributed by atoms with Crippen molar-refractivity contribution in [1.82, 2.24) is 4.98 Å². The van der Waals surface area contributed by atoms with Crippen LogP contribution in [0.4, 0.5) is 30.2 Å². The van der Waals surface area contributed by atoms with Crippen molar-refractivity contribution in [3.05, 3.63) is 143 Å². The third-order valence-corrected chi connectivity index (χ3v) is 9.56. The molecule has 7 rings (SSSR count). The second-order valence-corrected chi connectivity index (χ2v) is 13.0. The summed E-state index contributed by atoms with van der Waals surface area (Å²) in [7, 11) is 0. The number of hydrogen-bond donors (Lipinski definition) is 2. The van der Waals surface area contributed by atoms with E-state index >= 15 is 0 Å². The number of rotatable bonds is 5. The van der Waals surface area contributed by atoms with Gasteiger partial charge < -0.3 is 10.6 Å². The minimum Gasteiger partial charge on any atom is -0.395 e. The lowest BCUT2D eigenvalue weighted by atomic mass is 9.82. The molecule has 3 N–H and O–H groups in total. The van der Waals surface area contributed by atoms with Gasteiger partial charge in [0.05, 0.1) is 11.4 Å². The van der Waals surface area contributed by atoms with Crippen molar-refractivity contribution in [2.45, 2.75) is 44.7 Å². The first-order valence-electron chi connectivity index (χ1n) is 15.2. The Morgan fingerprint density at radius 3 is 1.87 bits per heavy atom. The van der Waals surface area contributed by atoms with Crippen molar-refractivity contribution < 1.29 is 13.2 Å². The Kier molecular flexibility index (Phi) is 6.53. The SMILES string of the molecule is CC1(C)c2ccccc2-c2cc(N(c3ccnc(C(=N)C=C(N)C(F)(F)F)c3)c3ccc4c(c3)C(C)(C)c3ccccc3-4)ccc21. The van der Waals surface area contributed by atoms with Gasteiger partial charge in [-0.25, -0.2) is 0 Å². The second kappa shape index (κ2) is 10.2. The number of nitrogens with two attached hydrogens (primary N) is 1. The van der Waals surface area contributed by atoms with Crippen molar-refractivity contribution in [2.24, 2.45) is 5.73 Å². The molecular formula is C39H33F3N4. The zero-order chi connectivity index (χ0) is 32.6. The van der Waals surface area contributed by atoms with Crippen LogP contribution in [0.3, 0.4) is 0 Å². The lowest BCUT2D eigenvalue weighted by Gasteiger charge is -2.29. The molecule has 0 bridgehead atoms. The monoisotopic (exact) mass is 614 g/mol. The topological polar surface area (TPSA) is 66.0 Å². The van der Waals surface area contributed by atoms with E-state index in [-0.39, 0.29) is 16.5 Å². The van der Waals surface area contributed by atoms with Crippen LogP contribution in [0.5, 0.6) is 0 Å². The molecule has 0 saturated carbocycles. The zero-order valence-electron chi connectivity index (χ0n) is 26.0. The molecule has 7 heteroatoms. The molecule has 0 fully saturated rings. The highest BCUT2D eigenvalue weighted by Crippen LogP contribution is 2.53. The van der Waals surface area contributed by atoms with Crippen LogP contribution in [0.25, 0.3) is 22.3 Å². The van der Waals surface area contributed by atoms with Gasteiger partial charge in [0.15, 0.2) is 0 Å². The quantitative estimate of drug-likeness (QED) is 0.194. The van der Waals surface area contributed by atoms with Crippen LogP contribution in [0.2, 0.25) is 0 Å². The first-order chi connectivity index (χ1) is 21.8. The number of halogens is 3. The Morgan fingerprint density at radius 1 is 0.674 bits per heavy atom. The molecule has 0 unspecified atom stereocenters. The fourth-order valence-electron chi connectivity index (χ4n) is 7.14. The van der Waals surface area contributed by atoms with Crippen molar-refractivity contribution in [3.63, 3.8) is 0 Å². The minimum absolute atomic E-state index is 0.0798. The van der Waals surface area contributed by atoms with Crippen LogP contribution in [-0.4, -0.2) is 16.9 Å². The molecule has 1 heterocycles. The van der Waals surface area contributed by atoms with E-state index < -0.39 is 17.6 Å². The number of hydrogen-bond acceptors (Lipinski definition) is 4. The summed E-state index contributed by atoms with van der Waals surface area (Å²) in [6, 6.07) is 33.2. The number of nitrogens with one attached hydrogen (secondary N) is 1. The molecule has 1 aromatic heterocycles. The van der Waals surface area contributed by atoms with Crippen LogP contribution >= 0.6 is 0 Å². The van der Waals surface area contributed by atoms with Crippen molar-refractivity contribution >= 4 is 22.8 Å². The second-order valence-electron chi connectivity index (χ2n) is 13.0. The van der Waals surface area contributed by atoms with E-state index in [2.05, 4.69) is 123 Å². The molecule has 2 aliphatic carbocycles. The Balaban J connectivity index is 1.41. The van der Waals surface area contributed by atoms with Crippen LogP contribution in [0, 0.1) is 5.41 Å². The van der Waals surface area contributed by atoms with E-state index in [1.54, 1.807) is 6.07 Å². The molecule has 2 aliphatic rings. The van der Waals surface area contributed by atoms with E-state index in [1.807, 2.05) is 6.07 Å². The number of fused-ring (bicyclic) bond motifs is 6. The van der Waals surface area contributed by atoms with Crippen molar-refractivity contribution in [2.75, 3.05) is 4.90 Å². The van der Waals surface area contributed by atoms with Crippen LogP contribution in [0.15, 0.2) is 115 Å². The Morgan fingerprint density at radius 2 is 1.20 bits per heavy atom. The standard InChI is InChI=1S/C39H33F3N4/c1-37(2)31-12-8-6-10-27(31)29-19-23(14-16-32(29)37)46(25-17-18-45-35(21-25)34(43)22-36(44)39(40,41)42)24-13-15-28-26-9-5-7-11-30(26)38(3,4)33(28)20-24/h5-22,43H,44H2,1-4H3. The molecule has 0 atom stereocenters. The number of anilines is 3. The summed E-state index contributed by atoms with van der Waals surface area (Å²) in [5, 5.41) is 8.40. The third kappa shape index (κ3) is 4.52. The van der Waals surface area contributed by atoms with E-state index in [1.165, 1.54) is 45.1 Å². The van der Waals surface area contributed by atoms with Gasteiger partial charge in [0, 0.05) is 34.1 Å². The summed E-state index contributed by atoms with van der Waals surface area (Å²) in [6.07, 6.45) is -2.61. The number of pyridine rings is 1. The van der Waals surface area contributed by atoms with Gasteiger partial charge in [0.25, 0.3) is 0 Å². The average molecular weight is 615 g/mol. The zero-order valence-corrected chi connectivity index (χ0v) is 26.0. The number of alkyl halides is 3. The first-order valence-corrected chi connectivity index (χ1v) is 15.2. The Bertz CT molecular complexity index is 2090. The molecule has 0 amide bonds. The number of aromatic nitrogens is 1. The van der Waals surface area contributed by atoms with Gasteiger partial charge in [-0.1, -0.05) is 88.4 Å². The van der Waals surface area contributed by atoms with Gasteiger partial charge in [-0.05, 0) is 87.0 Å². The maximum absolute atomic E-state index is 13.2. The average Bonchev–Trinajstić information content (AvgIpc) is 3.40. The van der Waals surface area contributed by atoms with E-state index in [4.69, 9.17) is 11.1 Å². The lowest BCUT2D eigenvalue weighted by Crippen LogP contribution is -2.21. The highest BCUT2D eigenvalue weighted by molar-refractivity contribution is 6.06. The largest absolute Gasteiger partial charge is 0.430 e. The highest BCUT2D eigenvalue weighted by Gasteiger charge is 2.37. The molecule has 0 saturated heterocycles. The maximum atomic E-state index is 13.2. The van der Waals surface area contributed by atoms with Gasteiger partial charge in [-0.3, -0.25) is 10.4 Å². The highest BCUT2D eigenvalue weighted by atomic mass is 19.4. The number of allylic oxidation sites excluding steroid dienone is 2. The summed E-state index contributed by atoms with van der Waals surface area (Å²) in [6.45, 7) is 8.92. The van der Waals surface area contributed by atoms with Gasteiger partial charge in [0.1, 0.15) is 5.70 Å². The minimum atomic E-state index is -4.74. The Labute approximate surface area is 266 Å². The number of benzene rings is 4. The molecule has 230 valence electrons. The first kappa shape index (κ1) is 29.5. The Hall–Kier alpha value is -5.17. The lowest BCUT2D eigenvalue weighted by molar-refractivity contribution is -0.0925. The summed E-state index contributed by atoms with van der Waals surface area (Å²) in [4.78, 5) is 6.33. The normalized spacial score (nSPS) is 15.5. The summed E-state index contributed by atoms with van der Waals surface area (Å²) >= 11 is 0. The van der Waals surface area contributed by atoms with E-state index in [0.717, 1.165) is 16.9 Å². The smallest absolute Gasteiger partial charge is 0.395 e. The molecular weight excluding hydrogens is 581 g/mol. The van der Waals surface area contributed by atoms with Crippen LogP contribution < -0.4 is 10.6 Å². The number of nitrogens with zero attached hydrogens (tertiary/aromatic N) is 2. The maximum Gasteiger partial charge on any atom is 0.430 e. The predicted molar refractivity (Wildman–Crippen MR) is 179 cm³/mol. The van der Waals surface area contributed by atoms with Gasteiger partial charge in [-0.2, -0.15) is 13.2 Å². The molecule has 0 radical (unpaired) electrons. The van der Waals surface area contributed by atoms with Gasteiger partial charge in [0.2, 0.25) is 0 Å².